The minimum atomic E-state index is -0.777. The predicted molar refractivity (Wildman–Crippen MR) is 82.2 cm³/mol. The summed E-state index contributed by atoms with van der Waals surface area (Å²) in [6.07, 6.45) is 0.978. The summed E-state index contributed by atoms with van der Waals surface area (Å²) < 4.78 is 18.5. The second-order valence-electron chi connectivity index (χ2n) is 5.04. The SMILES string of the molecule is CCc1ccc(CC)c(C(O)c2ccc(F)c(OC)c2)c1. The summed E-state index contributed by atoms with van der Waals surface area (Å²) in [4.78, 5) is 0. The molecule has 0 amide bonds. The summed E-state index contributed by atoms with van der Waals surface area (Å²) in [7, 11) is 1.42. The highest BCUT2D eigenvalue weighted by Gasteiger charge is 2.16. The maximum Gasteiger partial charge on any atom is 0.165 e. The summed E-state index contributed by atoms with van der Waals surface area (Å²) in [6, 6.07) is 10.6. The van der Waals surface area contributed by atoms with Gasteiger partial charge in [0.15, 0.2) is 11.6 Å². The molecule has 2 nitrogen and oxygen atoms in total. The Morgan fingerprint density at radius 2 is 1.86 bits per heavy atom. The number of aryl methyl sites for hydroxylation is 2. The summed E-state index contributed by atoms with van der Waals surface area (Å²) in [5, 5.41) is 10.7. The van der Waals surface area contributed by atoms with E-state index in [0.29, 0.717) is 5.56 Å². The van der Waals surface area contributed by atoms with Gasteiger partial charge in [-0.05, 0) is 47.2 Å². The standard InChI is InChI=1S/C18H21FO2/c1-4-12-6-7-13(5-2)15(10-12)18(20)14-8-9-16(19)17(11-14)21-3/h6-11,18,20H,4-5H2,1-3H3. The first-order valence-electron chi connectivity index (χ1n) is 7.23. The molecule has 112 valence electrons. The average molecular weight is 288 g/mol. The fraction of sp³-hybridized carbons (Fsp3) is 0.333. The Bertz CT molecular complexity index is 623. The quantitative estimate of drug-likeness (QED) is 0.899. The normalized spacial score (nSPS) is 12.2. The van der Waals surface area contributed by atoms with Gasteiger partial charge in [-0.3, -0.25) is 0 Å². The van der Waals surface area contributed by atoms with Gasteiger partial charge in [-0.2, -0.15) is 0 Å². The molecule has 1 unspecified atom stereocenters. The molecule has 21 heavy (non-hydrogen) atoms. The van der Waals surface area contributed by atoms with Crippen LogP contribution < -0.4 is 4.74 Å². The Kier molecular flexibility index (Phi) is 4.97. The van der Waals surface area contributed by atoms with Gasteiger partial charge >= 0.3 is 0 Å². The third-order valence-corrected chi connectivity index (χ3v) is 3.78. The van der Waals surface area contributed by atoms with Gasteiger partial charge in [0.2, 0.25) is 0 Å². The Morgan fingerprint density at radius 1 is 1.10 bits per heavy atom. The first kappa shape index (κ1) is 15.5. The van der Waals surface area contributed by atoms with Gasteiger partial charge in [-0.25, -0.2) is 4.39 Å². The van der Waals surface area contributed by atoms with Gasteiger partial charge in [-0.1, -0.05) is 38.1 Å². The van der Waals surface area contributed by atoms with Gasteiger partial charge in [0, 0.05) is 0 Å². The smallest absolute Gasteiger partial charge is 0.165 e. The lowest BCUT2D eigenvalue weighted by atomic mass is 9.93. The highest BCUT2D eigenvalue weighted by Crippen LogP contribution is 2.30. The first-order valence-corrected chi connectivity index (χ1v) is 7.23. The molecule has 1 atom stereocenters. The van der Waals surface area contributed by atoms with Crippen LogP contribution in [0, 0.1) is 5.82 Å². The molecule has 0 aliphatic carbocycles. The van der Waals surface area contributed by atoms with Crippen molar-refractivity contribution in [2.24, 2.45) is 0 Å². The number of aliphatic hydroxyl groups is 1. The zero-order valence-corrected chi connectivity index (χ0v) is 12.7. The zero-order valence-electron chi connectivity index (χ0n) is 12.7. The van der Waals surface area contributed by atoms with Crippen LogP contribution in [0.5, 0.6) is 5.75 Å². The molecule has 0 radical (unpaired) electrons. The fourth-order valence-electron chi connectivity index (χ4n) is 2.47. The summed E-state index contributed by atoms with van der Waals surface area (Å²) in [6.45, 7) is 4.14. The third-order valence-electron chi connectivity index (χ3n) is 3.78. The largest absolute Gasteiger partial charge is 0.494 e. The van der Waals surface area contributed by atoms with Crippen molar-refractivity contribution < 1.29 is 14.2 Å². The Hall–Kier alpha value is -1.87. The number of halogens is 1. The van der Waals surface area contributed by atoms with Crippen LogP contribution in [0.3, 0.4) is 0 Å². The van der Waals surface area contributed by atoms with E-state index in [0.717, 1.165) is 24.0 Å². The molecule has 1 N–H and O–H groups in total. The van der Waals surface area contributed by atoms with Gasteiger partial charge in [0.25, 0.3) is 0 Å². The molecule has 0 spiro atoms. The molecule has 3 heteroatoms. The maximum absolute atomic E-state index is 13.5. The molecule has 0 aliphatic rings. The monoisotopic (exact) mass is 288 g/mol. The molecule has 0 aromatic heterocycles. The minimum absolute atomic E-state index is 0.149. The van der Waals surface area contributed by atoms with Crippen LogP contribution >= 0.6 is 0 Å². The Labute approximate surface area is 125 Å². The number of hydrogen-bond donors (Lipinski definition) is 1. The number of hydrogen-bond acceptors (Lipinski definition) is 2. The molecule has 0 saturated carbocycles. The molecule has 2 aromatic carbocycles. The predicted octanol–water partition coefficient (Wildman–Crippen LogP) is 4.04. The van der Waals surface area contributed by atoms with E-state index >= 15 is 0 Å². The highest BCUT2D eigenvalue weighted by molar-refractivity contribution is 5.41. The van der Waals surface area contributed by atoms with Gasteiger partial charge in [0.1, 0.15) is 6.10 Å². The lowest BCUT2D eigenvalue weighted by Crippen LogP contribution is -2.05. The van der Waals surface area contributed by atoms with Crippen LogP contribution in [0.2, 0.25) is 0 Å². The van der Waals surface area contributed by atoms with Crippen molar-refractivity contribution in [3.05, 3.63) is 64.5 Å². The van der Waals surface area contributed by atoms with Gasteiger partial charge < -0.3 is 9.84 Å². The number of methoxy groups -OCH3 is 1. The fourth-order valence-corrected chi connectivity index (χ4v) is 2.47. The van der Waals surface area contributed by atoms with Crippen LogP contribution in [0.4, 0.5) is 4.39 Å². The second-order valence-corrected chi connectivity index (χ2v) is 5.04. The van der Waals surface area contributed by atoms with Crippen molar-refractivity contribution in [2.75, 3.05) is 7.11 Å². The molecule has 0 fully saturated rings. The number of benzene rings is 2. The number of rotatable bonds is 5. The summed E-state index contributed by atoms with van der Waals surface area (Å²) >= 11 is 0. The van der Waals surface area contributed by atoms with E-state index in [-0.39, 0.29) is 5.75 Å². The topological polar surface area (TPSA) is 29.5 Å². The van der Waals surface area contributed by atoms with Crippen LogP contribution in [0.1, 0.15) is 42.2 Å². The molecule has 0 bridgehead atoms. The minimum Gasteiger partial charge on any atom is -0.494 e. The van der Waals surface area contributed by atoms with Crippen molar-refractivity contribution in [3.8, 4) is 5.75 Å². The molecule has 2 aromatic rings. The first-order chi connectivity index (χ1) is 10.1. The van der Waals surface area contributed by atoms with E-state index in [1.807, 2.05) is 6.07 Å². The van der Waals surface area contributed by atoms with Crippen LogP contribution in [0.15, 0.2) is 36.4 Å². The van der Waals surface area contributed by atoms with Gasteiger partial charge in [0.05, 0.1) is 7.11 Å². The Balaban J connectivity index is 2.45. The van der Waals surface area contributed by atoms with Crippen molar-refractivity contribution in [1.29, 1.82) is 0 Å². The van der Waals surface area contributed by atoms with Crippen molar-refractivity contribution in [3.63, 3.8) is 0 Å². The van der Waals surface area contributed by atoms with E-state index in [2.05, 4.69) is 26.0 Å². The average Bonchev–Trinajstić information content (AvgIpc) is 2.54. The lowest BCUT2D eigenvalue weighted by molar-refractivity contribution is 0.218. The molecular formula is C18H21FO2. The van der Waals surface area contributed by atoms with Crippen molar-refractivity contribution >= 4 is 0 Å². The maximum atomic E-state index is 13.5. The second kappa shape index (κ2) is 6.72. The summed E-state index contributed by atoms with van der Waals surface area (Å²) in [5.74, 6) is -0.275. The molecule has 0 heterocycles. The van der Waals surface area contributed by atoms with E-state index in [1.54, 1.807) is 12.1 Å². The lowest BCUT2D eigenvalue weighted by Gasteiger charge is -2.17. The van der Waals surface area contributed by atoms with Crippen molar-refractivity contribution in [2.45, 2.75) is 32.8 Å². The Morgan fingerprint density at radius 3 is 2.48 bits per heavy atom. The number of aliphatic hydroxyl groups excluding tert-OH is 1. The van der Waals surface area contributed by atoms with Crippen molar-refractivity contribution in [1.82, 2.24) is 0 Å². The summed E-state index contributed by atoms with van der Waals surface area (Å²) in [5.41, 5.74) is 3.79. The zero-order chi connectivity index (χ0) is 15.4. The number of ether oxygens (including phenoxy) is 1. The van der Waals surface area contributed by atoms with E-state index in [9.17, 15) is 9.50 Å². The molecule has 0 saturated heterocycles. The van der Waals surface area contributed by atoms with Gasteiger partial charge in [-0.15, -0.1) is 0 Å². The van der Waals surface area contributed by atoms with E-state index in [4.69, 9.17) is 4.74 Å². The van der Waals surface area contributed by atoms with Crippen LogP contribution in [0.25, 0.3) is 0 Å². The molecule has 0 aliphatic heterocycles. The van der Waals surface area contributed by atoms with E-state index in [1.165, 1.54) is 18.7 Å². The third kappa shape index (κ3) is 3.24. The molecule has 2 rings (SSSR count). The molecular weight excluding hydrogens is 267 g/mol. The van der Waals surface area contributed by atoms with Crippen LogP contribution in [-0.2, 0) is 12.8 Å². The van der Waals surface area contributed by atoms with Crippen LogP contribution in [-0.4, -0.2) is 12.2 Å². The van der Waals surface area contributed by atoms with E-state index < -0.39 is 11.9 Å². The highest BCUT2D eigenvalue weighted by atomic mass is 19.1.